The lowest BCUT2D eigenvalue weighted by Crippen LogP contribution is -2.42. The van der Waals surface area contributed by atoms with Gasteiger partial charge >= 0.3 is 0 Å². The summed E-state index contributed by atoms with van der Waals surface area (Å²) in [6.45, 7) is 0.527. The predicted molar refractivity (Wildman–Crippen MR) is 94.1 cm³/mol. The Hall–Kier alpha value is -2.33. The van der Waals surface area contributed by atoms with E-state index < -0.39 is 5.60 Å². The molecule has 1 amide bonds. The average molecular weight is 325 g/mol. The Morgan fingerprint density at radius 3 is 2.33 bits per heavy atom. The average Bonchev–Trinajstić information content (AvgIpc) is 3.12. The number of rotatable bonds is 6. The third-order valence-electron chi connectivity index (χ3n) is 4.58. The van der Waals surface area contributed by atoms with Crippen LogP contribution >= 0.6 is 0 Å². The minimum absolute atomic E-state index is 0.0551. The maximum atomic E-state index is 12.5. The molecule has 1 fully saturated rings. The van der Waals surface area contributed by atoms with Crippen molar-refractivity contribution in [2.45, 2.75) is 37.9 Å². The van der Waals surface area contributed by atoms with Crippen LogP contribution in [0.1, 0.15) is 31.2 Å². The predicted octanol–water partition coefficient (Wildman–Crippen LogP) is 4.16. The van der Waals surface area contributed by atoms with Gasteiger partial charge in [0, 0.05) is 12.8 Å². The van der Waals surface area contributed by atoms with E-state index in [9.17, 15) is 4.79 Å². The van der Waals surface area contributed by atoms with E-state index in [1.165, 1.54) is 0 Å². The van der Waals surface area contributed by atoms with Gasteiger partial charge in [0.2, 0.25) is 0 Å². The van der Waals surface area contributed by atoms with Crippen molar-refractivity contribution in [3.8, 4) is 5.75 Å². The summed E-state index contributed by atoms with van der Waals surface area (Å²) >= 11 is 0. The highest BCUT2D eigenvalue weighted by Crippen LogP contribution is 2.33. The van der Waals surface area contributed by atoms with Crippen LogP contribution < -0.4 is 10.1 Å². The molecule has 0 radical (unpaired) electrons. The molecule has 0 aliphatic heterocycles. The van der Waals surface area contributed by atoms with Crippen LogP contribution in [0.4, 0.5) is 5.69 Å². The minimum Gasteiger partial charge on any atom is -0.489 e. The van der Waals surface area contributed by atoms with E-state index in [-0.39, 0.29) is 5.91 Å². The summed E-state index contributed by atoms with van der Waals surface area (Å²) in [5.74, 6) is 0.722. The van der Waals surface area contributed by atoms with E-state index in [1.807, 2.05) is 54.6 Å². The highest BCUT2D eigenvalue weighted by molar-refractivity contribution is 5.97. The number of anilines is 1. The highest BCUT2D eigenvalue weighted by Gasteiger charge is 2.41. The lowest BCUT2D eigenvalue weighted by molar-refractivity contribution is -0.136. The fraction of sp³-hybridized carbons (Fsp3) is 0.350. The highest BCUT2D eigenvalue weighted by atomic mass is 16.5. The van der Waals surface area contributed by atoms with Crippen molar-refractivity contribution >= 4 is 11.6 Å². The van der Waals surface area contributed by atoms with E-state index in [1.54, 1.807) is 7.11 Å². The van der Waals surface area contributed by atoms with Crippen molar-refractivity contribution in [1.29, 1.82) is 0 Å². The number of ether oxygens (including phenoxy) is 2. The van der Waals surface area contributed by atoms with Crippen molar-refractivity contribution in [3.05, 3.63) is 60.2 Å². The molecule has 0 bridgehead atoms. The summed E-state index contributed by atoms with van der Waals surface area (Å²) in [5.41, 5.74) is 1.22. The van der Waals surface area contributed by atoms with Crippen LogP contribution in [-0.4, -0.2) is 18.6 Å². The van der Waals surface area contributed by atoms with Crippen molar-refractivity contribution in [2.75, 3.05) is 12.4 Å². The van der Waals surface area contributed by atoms with Crippen molar-refractivity contribution in [3.63, 3.8) is 0 Å². The van der Waals surface area contributed by atoms with Crippen LogP contribution in [0.3, 0.4) is 0 Å². The number of carbonyl (C=O) groups is 1. The lowest BCUT2D eigenvalue weighted by atomic mass is 10.0. The number of amides is 1. The van der Waals surface area contributed by atoms with E-state index in [0.717, 1.165) is 42.7 Å². The number of benzene rings is 2. The van der Waals surface area contributed by atoms with Crippen LogP contribution in [0.25, 0.3) is 0 Å². The molecule has 4 heteroatoms. The molecule has 0 saturated heterocycles. The van der Waals surface area contributed by atoms with Crippen molar-refractivity contribution < 1.29 is 14.3 Å². The molecular formula is C20H23NO3. The first-order valence-corrected chi connectivity index (χ1v) is 8.35. The Balaban J connectivity index is 1.57. The quantitative estimate of drug-likeness (QED) is 0.867. The van der Waals surface area contributed by atoms with Gasteiger partial charge in [-0.25, -0.2) is 0 Å². The second-order valence-electron chi connectivity index (χ2n) is 6.16. The molecule has 0 aromatic heterocycles. The Bertz CT molecular complexity index is 661. The summed E-state index contributed by atoms with van der Waals surface area (Å²) in [7, 11) is 1.62. The third-order valence-corrected chi connectivity index (χ3v) is 4.58. The fourth-order valence-electron chi connectivity index (χ4n) is 3.09. The second kappa shape index (κ2) is 7.49. The molecular weight excluding hydrogens is 302 g/mol. The van der Waals surface area contributed by atoms with Gasteiger partial charge in [0.1, 0.15) is 18.0 Å². The van der Waals surface area contributed by atoms with Gasteiger partial charge in [0.15, 0.2) is 0 Å². The first kappa shape index (κ1) is 16.5. The summed E-state index contributed by atoms with van der Waals surface area (Å²) in [6.07, 6.45) is 3.64. The Morgan fingerprint density at radius 2 is 1.71 bits per heavy atom. The molecule has 1 aliphatic rings. The van der Waals surface area contributed by atoms with Gasteiger partial charge in [-0.15, -0.1) is 0 Å². The molecule has 1 N–H and O–H groups in total. The Kier molecular flexibility index (Phi) is 5.16. The Labute approximate surface area is 142 Å². The van der Waals surface area contributed by atoms with Crippen LogP contribution in [-0.2, 0) is 16.1 Å². The minimum atomic E-state index is -0.664. The fourth-order valence-corrected chi connectivity index (χ4v) is 3.09. The van der Waals surface area contributed by atoms with E-state index >= 15 is 0 Å². The normalized spacial score (nSPS) is 15.9. The molecule has 0 spiro atoms. The molecule has 2 aromatic carbocycles. The molecule has 1 aliphatic carbocycles. The van der Waals surface area contributed by atoms with E-state index in [4.69, 9.17) is 9.47 Å². The van der Waals surface area contributed by atoms with E-state index in [2.05, 4.69) is 5.32 Å². The zero-order chi connectivity index (χ0) is 16.8. The lowest BCUT2D eigenvalue weighted by Gasteiger charge is -2.25. The van der Waals surface area contributed by atoms with Gasteiger partial charge in [-0.3, -0.25) is 4.79 Å². The molecule has 0 atom stereocenters. The first-order chi connectivity index (χ1) is 11.7. The summed E-state index contributed by atoms with van der Waals surface area (Å²) in [5, 5.41) is 2.96. The molecule has 0 unspecified atom stereocenters. The van der Waals surface area contributed by atoms with Gasteiger partial charge in [-0.2, -0.15) is 0 Å². The summed E-state index contributed by atoms with van der Waals surface area (Å²) < 4.78 is 11.3. The van der Waals surface area contributed by atoms with Gasteiger partial charge in [0.25, 0.3) is 5.91 Å². The van der Waals surface area contributed by atoms with Gasteiger partial charge < -0.3 is 14.8 Å². The number of nitrogens with one attached hydrogen (secondary N) is 1. The van der Waals surface area contributed by atoms with Crippen LogP contribution in [0.2, 0.25) is 0 Å². The maximum Gasteiger partial charge on any atom is 0.256 e. The molecule has 4 nitrogen and oxygen atoms in total. The third kappa shape index (κ3) is 3.77. The molecule has 2 aromatic rings. The van der Waals surface area contributed by atoms with Gasteiger partial charge in [-0.05, 0) is 55.5 Å². The zero-order valence-corrected chi connectivity index (χ0v) is 14.0. The van der Waals surface area contributed by atoms with Crippen molar-refractivity contribution in [1.82, 2.24) is 0 Å². The smallest absolute Gasteiger partial charge is 0.256 e. The first-order valence-electron chi connectivity index (χ1n) is 8.35. The van der Waals surface area contributed by atoms with E-state index in [0.29, 0.717) is 6.61 Å². The van der Waals surface area contributed by atoms with Crippen LogP contribution in [0.15, 0.2) is 54.6 Å². The van der Waals surface area contributed by atoms with Crippen LogP contribution in [0, 0.1) is 0 Å². The summed E-state index contributed by atoms with van der Waals surface area (Å²) in [4.78, 5) is 12.5. The van der Waals surface area contributed by atoms with Crippen LogP contribution in [0.5, 0.6) is 5.75 Å². The largest absolute Gasteiger partial charge is 0.489 e. The number of hydrogen-bond acceptors (Lipinski definition) is 3. The second-order valence-corrected chi connectivity index (χ2v) is 6.16. The molecule has 126 valence electrons. The zero-order valence-electron chi connectivity index (χ0n) is 14.0. The molecule has 3 rings (SSSR count). The SMILES string of the molecule is COC1(C(=O)Nc2ccc(OCc3ccccc3)cc2)CCCC1. The standard InChI is InChI=1S/C20H23NO3/c1-23-20(13-5-6-14-20)19(22)21-17-9-11-18(12-10-17)24-15-16-7-3-2-4-8-16/h2-4,7-12H,5-6,13-15H2,1H3,(H,21,22). The van der Waals surface area contributed by atoms with Crippen molar-refractivity contribution in [2.24, 2.45) is 0 Å². The van der Waals surface area contributed by atoms with Gasteiger partial charge in [-0.1, -0.05) is 30.3 Å². The topological polar surface area (TPSA) is 47.6 Å². The summed E-state index contributed by atoms with van der Waals surface area (Å²) in [6, 6.07) is 17.5. The molecule has 1 saturated carbocycles. The molecule has 0 heterocycles. The Morgan fingerprint density at radius 1 is 1.04 bits per heavy atom. The number of hydrogen-bond donors (Lipinski definition) is 1. The molecule has 24 heavy (non-hydrogen) atoms. The monoisotopic (exact) mass is 325 g/mol. The number of methoxy groups -OCH3 is 1. The number of carbonyl (C=O) groups excluding carboxylic acids is 1. The van der Waals surface area contributed by atoms with Gasteiger partial charge in [0.05, 0.1) is 0 Å². The maximum absolute atomic E-state index is 12.5.